The Balaban J connectivity index is 1.41. The average Bonchev–Trinajstić information content (AvgIpc) is 3.51. The van der Waals surface area contributed by atoms with Crippen LogP contribution in [-0.4, -0.2) is 65.7 Å². The van der Waals surface area contributed by atoms with Gasteiger partial charge in [0.25, 0.3) is 0 Å². The normalized spacial score (nSPS) is 34.4. The summed E-state index contributed by atoms with van der Waals surface area (Å²) in [4.78, 5) is 43.4. The molecule has 2 bridgehead atoms. The fraction of sp³-hybridized carbons (Fsp3) is 0.633. The summed E-state index contributed by atoms with van der Waals surface area (Å²) >= 11 is 12.3. The minimum Gasteiger partial charge on any atom is -0.379 e. The van der Waals surface area contributed by atoms with Crippen molar-refractivity contribution in [3.8, 4) is 0 Å². The molecule has 0 aromatic heterocycles. The molecule has 2 saturated heterocycles. The molecule has 5 rings (SSSR count). The number of rotatable bonds is 9. The smallest absolute Gasteiger partial charge is 0.246 e. The first kappa shape index (κ1) is 29.4. The topological polar surface area (TPSA) is 97.0 Å². The van der Waals surface area contributed by atoms with Crippen LogP contribution in [0.1, 0.15) is 53.4 Å². The summed E-state index contributed by atoms with van der Waals surface area (Å²) in [6.07, 6.45) is 6.78. The predicted octanol–water partition coefficient (Wildman–Crippen LogP) is 4.84. The molecule has 8 atom stereocenters. The van der Waals surface area contributed by atoms with Gasteiger partial charge < -0.3 is 25.0 Å². The lowest BCUT2D eigenvalue weighted by Crippen LogP contribution is -2.58. The van der Waals surface area contributed by atoms with Crippen molar-refractivity contribution in [3.63, 3.8) is 0 Å². The Morgan fingerprint density at radius 2 is 1.88 bits per heavy atom. The van der Waals surface area contributed by atoms with E-state index in [0.717, 1.165) is 19.3 Å². The fourth-order valence-corrected chi connectivity index (χ4v) is 7.49. The molecule has 1 aromatic carbocycles. The first-order valence-corrected chi connectivity index (χ1v) is 15.1. The summed E-state index contributed by atoms with van der Waals surface area (Å²) < 4.78 is 12.1. The molecule has 3 aliphatic heterocycles. The van der Waals surface area contributed by atoms with Gasteiger partial charge in [-0.2, -0.15) is 0 Å². The quantitative estimate of drug-likeness (QED) is 0.316. The zero-order valence-electron chi connectivity index (χ0n) is 23.5. The summed E-state index contributed by atoms with van der Waals surface area (Å²) in [5, 5.41) is 6.92. The molecule has 6 unspecified atom stereocenters. The van der Waals surface area contributed by atoms with E-state index in [1.165, 1.54) is 0 Å². The molecule has 3 fully saturated rings. The summed E-state index contributed by atoms with van der Waals surface area (Å²) in [7, 11) is 0. The van der Waals surface area contributed by atoms with Crippen molar-refractivity contribution in [3.05, 3.63) is 40.4 Å². The number of hydrogen-bond donors (Lipinski definition) is 2. The highest BCUT2D eigenvalue weighted by atomic mass is 35.5. The van der Waals surface area contributed by atoms with Crippen LogP contribution >= 0.6 is 23.2 Å². The van der Waals surface area contributed by atoms with Gasteiger partial charge >= 0.3 is 0 Å². The summed E-state index contributed by atoms with van der Waals surface area (Å²) in [5.74, 6) is -1.61. The zero-order chi connectivity index (χ0) is 28.8. The Morgan fingerprint density at radius 1 is 1.15 bits per heavy atom. The molecule has 10 heteroatoms. The van der Waals surface area contributed by atoms with Crippen molar-refractivity contribution in [2.75, 3.05) is 18.5 Å². The van der Waals surface area contributed by atoms with Crippen molar-refractivity contribution in [2.45, 2.75) is 83.3 Å². The lowest BCUT2D eigenvalue weighted by Gasteiger charge is -2.38. The number of hydrogen-bond acceptors (Lipinski definition) is 5. The molecule has 1 aliphatic carbocycles. The highest BCUT2D eigenvalue weighted by molar-refractivity contribution is 6.35. The van der Waals surface area contributed by atoms with E-state index in [-0.39, 0.29) is 29.9 Å². The number of ether oxygens (including phenoxy) is 2. The Labute approximate surface area is 246 Å². The lowest BCUT2D eigenvalue weighted by atomic mass is 9.73. The zero-order valence-corrected chi connectivity index (χ0v) is 25.0. The van der Waals surface area contributed by atoms with Crippen molar-refractivity contribution < 1.29 is 23.9 Å². The van der Waals surface area contributed by atoms with Crippen LogP contribution in [0.15, 0.2) is 30.4 Å². The largest absolute Gasteiger partial charge is 0.379 e. The van der Waals surface area contributed by atoms with Gasteiger partial charge in [0.05, 0.1) is 24.0 Å². The molecule has 40 heavy (non-hydrogen) atoms. The molecule has 1 spiro atoms. The number of benzene rings is 1. The monoisotopic (exact) mass is 591 g/mol. The van der Waals surface area contributed by atoms with Gasteiger partial charge in [0.2, 0.25) is 17.7 Å². The van der Waals surface area contributed by atoms with E-state index in [4.69, 9.17) is 32.7 Å². The second-order valence-corrected chi connectivity index (χ2v) is 12.9. The number of nitrogens with one attached hydrogen (secondary N) is 2. The number of carbonyl (C=O) groups excluding carboxylic acids is 3. The number of nitrogens with zero attached hydrogens (tertiary/aromatic N) is 1. The highest BCUT2D eigenvalue weighted by Gasteiger charge is 2.72. The summed E-state index contributed by atoms with van der Waals surface area (Å²) in [6.45, 7) is 9.11. The van der Waals surface area contributed by atoms with Gasteiger partial charge in [0, 0.05) is 34.9 Å². The van der Waals surface area contributed by atoms with Crippen molar-refractivity contribution in [1.82, 2.24) is 10.2 Å². The van der Waals surface area contributed by atoms with Gasteiger partial charge in [-0.15, -0.1) is 0 Å². The standard InChI is InChI=1S/C30H39Cl2N3O5/c1-16(2)39-12-6-11-35-26(28(37)34-22-8-5-7-17(3)18(22)4)30-10-9-23(40-30)24(25(30)29(35)38)27(36)33-21-14-19(31)13-20(32)15-21/h9-10,13-18,22-26H,5-8,11-12H2,1-4H3,(H,33,36)(H,34,37)/t17?,18?,22?,23-,24?,25-,26?,30?/m1/s1. The number of carbonyl (C=O) groups is 3. The number of halogens is 2. The van der Waals surface area contributed by atoms with E-state index >= 15 is 0 Å². The maximum absolute atomic E-state index is 14.1. The van der Waals surface area contributed by atoms with Crippen LogP contribution in [0.3, 0.4) is 0 Å². The van der Waals surface area contributed by atoms with E-state index < -0.39 is 29.6 Å². The van der Waals surface area contributed by atoms with E-state index in [2.05, 4.69) is 24.5 Å². The third-order valence-electron chi connectivity index (χ3n) is 9.08. The molecular formula is C30H39Cl2N3O5. The van der Waals surface area contributed by atoms with E-state index in [1.54, 1.807) is 23.1 Å². The Morgan fingerprint density at radius 3 is 2.58 bits per heavy atom. The third-order valence-corrected chi connectivity index (χ3v) is 9.52. The molecule has 1 aromatic rings. The number of likely N-dealkylation sites (tertiary alicyclic amines) is 1. The Hall–Kier alpha value is -2.13. The predicted molar refractivity (Wildman–Crippen MR) is 154 cm³/mol. The van der Waals surface area contributed by atoms with E-state index in [0.29, 0.717) is 47.1 Å². The third kappa shape index (κ3) is 5.40. The second kappa shape index (κ2) is 11.6. The maximum atomic E-state index is 14.1. The van der Waals surface area contributed by atoms with Crippen LogP contribution in [0.4, 0.5) is 5.69 Å². The number of anilines is 1. The summed E-state index contributed by atoms with van der Waals surface area (Å²) in [6, 6.07) is 3.95. The van der Waals surface area contributed by atoms with Crippen molar-refractivity contribution in [1.29, 1.82) is 0 Å². The summed E-state index contributed by atoms with van der Waals surface area (Å²) in [5.41, 5.74) is -0.770. The van der Waals surface area contributed by atoms with Crippen molar-refractivity contribution in [2.24, 2.45) is 23.7 Å². The van der Waals surface area contributed by atoms with Crippen LogP contribution in [0.2, 0.25) is 10.0 Å². The molecule has 0 radical (unpaired) electrons. The van der Waals surface area contributed by atoms with Gasteiger partial charge in [-0.25, -0.2) is 0 Å². The average molecular weight is 593 g/mol. The van der Waals surface area contributed by atoms with Gasteiger partial charge in [-0.05, 0) is 56.7 Å². The Bertz CT molecular complexity index is 1170. The van der Waals surface area contributed by atoms with Gasteiger partial charge in [0.1, 0.15) is 11.6 Å². The molecule has 3 heterocycles. The molecule has 3 amide bonds. The second-order valence-electron chi connectivity index (χ2n) is 12.0. The minimum absolute atomic E-state index is 0.0298. The SMILES string of the molecule is CC(C)OCCCN1C(=O)[C@H]2C(C(=O)Nc3cc(Cl)cc(Cl)c3)[C@H]3C=CC2(O3)C1C(=O)NC1CCCC(C)C1C. The lowest BCUT2D eigenvalue weighted by molar-refractivity contribution is -0.142. The number of fused-ring (bicyclic) bond motifs is 1. The molecule has 1 saturated carbocycles. The van der Waals surface area contributed by atoms with Crippen molar-refractivity contribution >= 4 is 46.6 Å². The molecule has 2 N–H and O–H groups in total. The first-order chi connectivity index (χ1) is 19.0. The minimum atomic E-state index is -1.21. The van der Waals surface area contributed by atoms with Crippen LogP contribution in [-0.2, 0) is 23.9 Å². The van der Waals surface area contributed by atoms with Crippen LogP contribution < -0.4 is 10.6 Å². The fourth-order valence-electron chi connectivity index (χ4n) is 6.96. The molecule has 4 aliphatic rings. The first-order valence-electron chi connectivity index (χ1n) is 14.4. The van der Waals surface area contributed by atoms with Crippen LogP contribution in [0, 0.1) is 23.7 Å². The maximum Gasteiger partial charge on any atom is 0.246 e. The van der Waals surface area contributed by atoms with Crippen LogP contribution in [0.5, 0.6) is 0 Å². The molecular weight excluding hydrogens is 553 g/mol. The van der Waals surface area contributed by atoms with E-state index in [9.17, 15) is 14.4 Å². The Kier molecular flexibility index (Phi) is 8.54. The van der Waals surface area contributed by atoms with E-state index in [1.807, 2.05) is 26.0 Å². The van der Waals surface area contributed by atoms with Gasteiger partial charge in [-0.1, -0.05) is 62.0 Å². The highest BCUT2D eigenvalue weighted by Crippen LogP contribution is 2.55. The van der Waals surface area contributed by atoms with Gasteiger partial charge in [0.15, 0.2) is 0 Å². The van der Waals surface area contributed by atoms with Crippen LogP contribution in [0.25, 0.3) is 0 Å². The number of amides is 3. The molecule has 218 valence electrons. The molecule has 8 nitrogen and oxygen atoms in total. The van der Waals surface area contributed by atoms with Gasteiger partial charge in [-0.3, -0.25) is 14.4 Å².